The van der Waals surface area contributed by atoms with Gasteiger partial charge in [0.2, 0.25) is 5.43 Å². The number of hydrogen-bond acceptors (Lipinski definition) is 3. The Kier molecular flexibility index (Phi) is 4.87. The maximum absolute atomic E-state index is 13.2. The standard InChI is InChI=1S/C16H14F3N3O2/c1-3-8-20-15(24)14-13(23)9-10(2)22(21-14)12-7-5-4-6-11(12)16(17,18)19/h3-7,9H,1,8H2,2H3,(H,20,24). The van der Waals surface area contributed by atoms with Crippen molar-refractivity contribution in [1.29, 1.82) is 0 Å². The molecular formula is C16H14F3N3O2. The molecule has 0 unspecified atom stereocenters. The smallest absolute Gasteiger partial charge is 0.347 e. The summed E-state index contributed by atoms with van der Waals surface area (Å²) in [6.07, 6.45) is -3.19. The van der Waals surface area contributed by atoms with Crippen LogP contribution < -0.4 is 10.7 Å². The van der Waals surface area contributed by atoms with Gasteiger partial charge >= 0.3 is 6.18 Å². The lowest BCUT2D eigenvalue weighted by Crippen LogP contribution is -2.32. The number of aryl methyl sites for hydroxylation is 1. The van der Waals surface area contributed by atoms with Crippen LogP contribution in [-0.4, -0.2) is 22.2 Å². The van der Waals surface area contributed by atoms with Crippen molar-refractivity contribution in [3.63, 3.8) is 0 Å². The van der Waals surface area contributed by atoms with E-state index in [2.05, 4.69) is 17.0 Å². The number of aromatic nitrogens is 2. The average molecular weight is 337 g/mol. The molecule has 0 fully saturated rings. The van der Waals surface area contributed by atoms with Crippen molar-refractivity contribution in [1.82, 2.24) is 15.1 Å². The summed E-state index contributed by atoms with van der Waals surface area (Å²) in [6.45, 7) is 4.96. The monoisotopic (exact) mass is 337 g/mol. The number of carbonyl (C=O) groups excluding carboxylic acids is 1. The zero-order valence-corrected chi connectivity index (χ0v) is 12.7. The first-order chi connectivity index (χ1) is 11.3. The predicted octanol–water partition coefficient (Wildman–Crippen LogP) is 2.48. The van der Waals surface area contributed by atoms with Crippen molar-refractivity contribution in [3.05, 3.63) is 70.2 Å². The molecule has 2 rings (SSSR count). The molecule has 1 amide bonds. The van der Waals surface area contributed by atoms with Gasteiger partial charge in [0, 0.05) is 18.3 Å². The van der Waals surface area contributed by atoms with E-state index in [1.165, 1.54) is 31.2 Å². The summed E-state index contributed by atoms with van der Waals surface area (Å²) >= 11 is 0. The molecule has 0 saturated carbocycles. The highest BCUT2D eigenvalue weighted by Crippen LogP contribution is 2.33. The average Bonchev–Trinajstić information content (AvgIpc) is 2.52. The van der Waals surface area contributed by atoms with E-state index in [-0.39, 0.29) is 17.9 Å². The van der Waals surface area contributed by atoms with Crippen molar-refractivity contribution >= 4 is 5.91 Å². The number of para-hydroxylation sites is 1. The second kappa shape index (κ2) is 6.69. The minimum absolute atomic E-state index is 0.104. The minimum Gasteiger partial charge on any atom is -0.347 e. The number of rotatable bonds is 4. The lowest BCUT2D eigenvalue weighted by molar-refractivity contribution is -0.137. The van der Waals surface area contributed by atoms with Crippen LogP contribution in [0, 0.1) is 6.92 Å². The lowest BCUT2D eigenvalue weighted by Gasteiger charge is -2.16. The summed E-state index contributed by atoms with van der Waals surface area (Å²) in [7, 11) is 0. The molecule has 0 atom stereocenters. The van der Waals surface area contributed by atoms with E-state index in [0.717, 1.165) is 16.8 Å². The Labute approximate surface area is 135 Å². The number of hydrogen-bond donors (Lipinski definition) is 1. The van der Waals surface area contributed by atoms with E-state index in [4.69, 9.17) is 0 Å². The zero-order chi connectivity index (χ0) is 17.9. The molecule has 0 spiro atoms. The third-order valence-corrected chi connectivity index (χ3v) is 3.17. The van der Waals surface area contributed by atoms with Crippen LogP contribution in [0.5, 0.6) is 0 Å². The number of nitrogens with zero attached hydrogens (tertiary/aromatic N) is 2. The van der Waals surface area contributed by atoms with Gasteiger partial charge < -0.3 is 5.32 Å². The Balaban J connectivity index is 2.63. The van der Waals surface area contributed by atoms with E-state index in [0.29, 0.717) is 0 Å². The van der Waals surface area contributed by atoms with Crippen molar-refractivity contribution in [2.45, 2.75) is 13.1 Å². The largest absolute Gasteiger partial charge is 0.418 e. The van der Waals surface area contributed by atoms with Gasteiger partial charge in [0.05, 0.1) is 11.3 Å². The SMILES string of the molecule is C=CCNC(=O)c1nn(-c2ccccc2C(F)(F)F)c(C)cc1=O. The van der Waals surface area contributed by atoms with Crippen LogP contribution in [0.4, 0.5) is 13.2 Å². The Morgan fingerprint density at radius 3 is 2.67 bits per heavy atom. The van der Waals surface area contributed by atoms with Crippen LogP contribution in [0.3, 0.4) is 0 Å². The number of halogens is 3. The van der Waals surface area contributed by atoms with Crippen LogP contribution in [-0.2, 0) is 6.18 Å². The lowest BCUT2D eigenvalue weighted by atomic mass is 10.1. The molecule has 0 aliphatic carbocycles. The number of nitrogens with one attached hydrogen (secondary N) is 1. The third kappa shape index (κ3) is 3.53. The number of carbonyl (C=O) groups is 1. The van der Waals surface area contributed by atoms with Gasteiger partial charge in [0.25, 0.3) is 5.91 Å². The Bertz CT molecular complexity index is 841. The topological polar surface area (TPSA) is 64.0 Å². The highest BCUT2D eigenvalue weighted by Gasteiger charge is 2.34. The molecule has 0 radical (unpaired) electrons. The highest BCUT2D eigenvalue weighted by atomic mass is 19.4. The maximum Gasteiger partial charge on any atom is 0.418 e. The van der Waals surface area contributed by atoms with E-state index in [1.807, 2.05) is 0 Å². The quantitative estimate of drug-likeness (QED) is 0.872. The van der Waals surface area contributed by atoms with Gasteiger partial charge in [-0.15, -0.1) is 6.58 Å². The van der Waals surface area contributed by atoms with Gasteiger partial charge in [-0.3, -0.25) is 9.59 Å². The minimum atomic E-state index is -4.60. The normalized spacial score (nSPS) is 11.2. The molecule has 1 heterocycles. The molecular weight excluding hydrogens is 323 g/mol. The Morgan fingerprint density at radius 2 is 2.04 bits per heavy atom. The molecule has 0 aliphatic rings. The first kappa shape index (κ1) is 17.5. The fourth-order valence-corrected chi connectivity index (χ4v) is 2.10. The number of alkyl halides is 3. The van der Waals surface area contributed by atoms with Gasteiger partial charge in [0.15, 0.2) is 5.69 Å². The first-order valence-corrected chi connectivity index (χ1v) is 6.92. The molecule has 2 aromatic rings. The summed E-state index contributed by atoms with van der Waals surface area (Å²) in [5.41, 5.74) is -2.16. The van der Waals surface area contributed by atoms with E-state index in [9.17, 15) is 22.8 Å². The van der Waals surface area contributed by atoms with Gasteiger partial charge in [-0.25, -0.2) is 4.68 Å². The second-order valence-electron chi connectivity index (χ2n) is 4.92. The molecule has 1 aromatic heterocycles. The summed E-state index contributed by atoms with van der Waals surface area (Å²) in [5, 5.41) is 6.20. The fourth-order valence-electron chi connectivity index (χ4n) is 2.10. The van der Waals surface area contributed by atoms with Gasteiger partial charge in [0.1, 0.15) is 0 Å². The molecule has 0 aliphatic heterocycles. The molecule has 1 aromatic carbocycles. The molecule has 5 nitrogen and oxygen atoms in total. The van der Waals surface area contributed by atoms with Gasteiger partial charge in [-0.05, 0) is 19.1 Å². The first-order valence-electron chi connectivity index (χ1n) is 6.92. The van der Waals surface area contributed by atoms with E-state index < -0.39 is 28.8 Å². The predicted molar refractivity (Wildman–Crippen MR) is 82.1 cm³/mol. The number of amides is 1. The van der Waals surface area contributed by atoms with Crippen molar-refractivity contribution in [3.8, 4) is 5.69 Å². The second-order valence-corrected chi connectivity index (χ2v) is 4.92. The summed E-state index contributed by atoms with van der Waals surface area (Å²) in [4.78, 5) is 23.9. The summed E-state index contributed by atoms with van der Waals surface area (Å²) in [5.74, 6) is -0.780. The van der Waals surface area contributed by atoms with Crippen LogP contribution in [0.1, 0.15) is 21.7 Å². The number of benzene rings is 1. The molecule has 24 heavy (non-hydrogen) atoms. The Morgan fingerprint density at radius 1 is 1.38 bits per heavy atom. The highest BCUT2D eigenvalue weighted by molar-refractivity contribution is 5.92. The Hall–Kier alpha value is -2.90. The van der Waals surface area contributed by atoms with Crippen LogP contribution in [0.2, 0.25) is 0 Å². The maximum atomic E-state index is 13.2. The van der Waals surface area contributed by atoms with Crippen molar-refractivity contribution < 1.29 is 18.0 Å². The van der Waals surface area contributed by atoms with Crippen LogP contribution in [0.25, 0.3) is 5.69 Å². The fraction of sp³-hybridized carbons (Fsp3) is 0.188. The van der Waals surface area contributed by atoms with E-state index in [1.54, 1.807) is 0 Å². The van der Waals surface area contributed by atoms with Crippen LogP contribution in [0.15, 0.2) is 47.8 Å². The van der Waals surface area contributed by atoms with Crippen LogP contribution >= 0.6 is 0 Å². The summed E-state index contributed by atoms with van der Waals surface area (Å²) in [6, 6.07) is 5.87. The van der Waals surface area contributed by atoms with Crippen molar-refractivity contribution in [2.24, 2.45) is 0 Å². The zero-order valence-electron chi connectivity index (χ0n) is 12.7. The van der Waals surface area contributed by atoms with Crippen molar-refractivity contribution in [2.75, 3.05) is 6.54 Å². The molecule has 1 N–H and O–H groups in total. The molecule has 0 saturated heterocycles. The summed E-state index contributed by atoms with van der Waals surface area (Å²) < 4.78 is 40.5. The third-order valence-electron chi connectivity index (χ3n) is 3.17. The van der Waals surface area contributed by atoms with Gasteiger partial charge in [-0.2, -0.15) is 18.3 Å². The molecule has 0 bridgehead atoms. The van der Waals surface area contributed by atoms with Gasteiger partial charge in [-0.1, -0.05) is 18.2 Å². The van der Waals surface area contributed by atoms with E-state index >= 15 is 0 Å². The molecule has 8 heteroatoms. The molecule has 126 valence electrons.